The molecule has 0 aliphatic heterocycles. The lowest BCUT2D eigenvalue weighted by Gasteiger charge is -2.08. The molecule has 0 saturated heterocycles. The van der Waals surface area contributed by atoms with E-state index in [0.29, 0.717) is 6.54 Å². The van der Waals surface area contributed by atoms with E-state index in [1.165, 1.54) is 10.8 Å². The van der Waals surface area contributed by atoms with Gasteiger partial charge in [0, 0.05) is 12.6 Å². The van der Waals surface area contributed by atoms with Gasteiger partial charge in [-0.3, -0.25) is 10.2 Å². The van der Waals surface area contributed by atoms with Gasteiger partial charge in [0.05, 0.1) is 0 Å². The summed E-state index contributed by atoms with van der Waals surface area (Å²) in [5.41, 5.74) is 6.50. The quantitative estimate of drug-likeness (QED) is 0.437. The van der Waals surface area contributed by atoms with Gasteiger partial charge >= 0.3 is 0 Å². The lowest BCUT2D eigenvalue weighted by molar-refractivity contribution is -0.117. The zero-order chi connectivity index (χ0) is 15.4. The lowest BCUT2D eigenvalue weighted by Crippen LogP contribution is -2.35. The fourth-order valence-electron chi connectivity index (χ4n) is 2.60. The molecule has 0 fully saturated rings. The second-order valence-corrected chi connectivity index (χ2v) is 5.09. The van der Waals surface area contributed by atoms with Crippen molar-refractivity contribution in [2.45, 2.75) is 6.92 Å². The molecule has 0 aliphatic rings. The Morgan fingerprint density at radius 1 is 1.00 bits per heavy atom. The van der Waals surface area contributed by atoms with Crippen LogP contribution >= 0.6 is 0 Å². The highest BCUT2D eigenvalue weighted by molar-refractivity contribution is 6.08. The molecular weight excluding hydrogens is 272 g/mol. The summed E-state index contributed by atoms with van der Waals surface area (Å²) in [6.45, 7) is 2.62. The van der Waals surface area contributed by atoms with Crippen LogP contribution in [0.25, 0.3) is 27.6 Å². The Morgan fingerprint density at radius 2 is 1.59 bits per heavy atom. The molecule has 22 heavy (non-hydrogen) atoms. The molecule has 3 aromatic rings. The summed E-state index contributed by atoms with van der Waals surface area (Å²) >= 11 is 0. The van der Waals surface area contributed by atoms with Crippen molar-refractivity contribution in [2.24, 2.45) is 0 Å². The highest BCUT2D eigenvalue weighted by atomic mass is 16.2. The predicted molar refractivity (Wildman–Crippen MR) is 92.3 cm³/mol. The number of hydrogen-bond donors (Lipinski definition) is 2. The smallest absolute Gasteiger partial charge is 0.258 e. The molecule has 1 amide bonds. The first-order valence-electron chi connectivity index (χ1n) is 7.41. The Labute approximate surface area is 129 Å². The highest BCUT2D eigenvalue weighted by Gasteiger charge is 2.05. The highest BCUT2D eigenvalue weighted by Crippen LogP contribution is 2.29. The van der Waals surface area contributed by atoms with Crippen molar-refractivity contribution in [3.63, 3.8) is 0 Å². The Hall–Kier alpha value is -2.65. The molecule has 0 aliphatic carbocycles. The van der Waals surface area contributed by atoms with E-state index in [1.807, 2.05) is 37.3 Å². The molecule has 0 aromatic heterocycles. The minimum absolute atomic E-state index is 0.154. The van der Waals surface area contributed by atoms with Crippen LogP contribution in [0.4, 0.5) is 0 Å². The van der Waals surface area contributed by atoms with E-state index in [4.69, 9.17) is 0 Å². The fraction of sp³-hybridized carbons (Fsp3) is 0.105. The Kier molecular flexibility index (Phi) is 4.17. The second-order valence-electron chi connectivity index (χ2n) is 5.09. The number of carbonyl (C=O) groups excluding carboxylic acids is 1. The van der Waals surface area contributed by atoms with Crippen LogP contribution in [0.5, 0.6) is 0 Å². The van der Waals surface area contributed by atoms with Crippen LogP contribution in [0.1, 0.15) is 12.5 Å². The van der Waals surface area contributed by atoms with Crippen LogP contribution in [0.15, 0.2) is 60.7 Å². The zero-order valence-corrected chi connectivity index (χ0v) is 12.5. The summed E-state index contributed by atoms with van der Waals surface area (Å²) in [4.78, 5) is 11.8. The first-order chi connectivity index (χ1) is 10.8. The molecule has 0 radical (unpaired) electrons. The van der Waals surface area contributed by atoms with Crippen molar-refractivity contribution in [2.75, 3.05) is 6.54 Å². The SMILES string of the molecule is CCNNC(=O)C=Cc1c2ccccc2cc2ccccc12. The third kappa shape index (κ3) is 2.85. The summed E-state index contributed by atoms with van der Waals surface area (Å²) in [5.74, 6) is -0.154. The molecule has 3 rings (SSSR count). The Morgan fingerprint density at radius 3 is 2.18 bits per heavy atom. The van der Waals surface area contributed by atoms with Crippen molar-refractivity contribution in [3.05, 3.63) is 66.2 Å². The zero-order valence-electron chi connectivity index (χ0n) is 12.5. The normalized spacial score (nSPS) is 11.3. The summed E-state index contributed by atoms with van der Waals surface area (Å²) in [7, 11) is 0. The van der Waals surface area contributed by atoms with Crippen LogP contribution in [-0.2, 0) is 4.79 Å². The molecule has 3 nitrogen and oxygen atoms in total. The van der Waals surface area contributed by atoms with Crippen molar-refractivity contribution in [3.8, 4) is 0 Å². The third-order valence-corrected chi connectivity index (χ3v) is 3.60. The van der Waals surface area contributed by atoms with E-state index in [9.17, 15) is 4.79 Å². The molecule has 2 N–H and O–H groups in total. The van der Waals surface area contributed by atoms with E-state index in [1.54, 1.807) is 6.08 Å². The van der Waals surface area contributed by atoms with Crippen molar-refractivity contribution >= 4 is 33.5 Å². The van der Waals surface area contributed by atoms with Gasteiger partial charge in [0.15, 0.2) is 0 Å². The van der Waals surface area contributed by atoms with Gasteiger partial charge in [-0.05, 0) is 39.3 Å². The van der Waals surface area contributed by atoms with Crippen LogP contribution in [0.3, 0.4) is 0 Å². The van der Waals surface area contributed by atoms with E-state index in [-0.39, 0.29) is 5.91 Å². The monoisotopic (exact) mass is 290 g/mol. The van der Waals surface area contributed by atoms with E-state index in [0.717, 1.165) is 16.3 Å². The minimum atomic E-state index is -0.154. The molecule has 3 aromatic carbocycles. The largest absolute Gasteiger partial charge is 0.288 e. The van der Waals surface area contributed by atoms with Gasteiger partial charge < -0.3 is 0 Å². The molecule has 0 unspecified atom stereocenters. The summed E-state index contributed by atoms with van der Waals surface area (Å²) < 4.78 is 0. The topological polar surface area (TPSA) is 41.1 Å². The summed E-state index contributed by atoms with van der Waals surface area (Å²) in [6, 6.07) is 18.6. The van der Waals surface area contributed by atoms with Crippen LogP contribution in [0.2, 0.25) is 0 Å². The van der Waals surface area contributed by atoms with Gasteiger partial charge in [0.25, 0.3) is 5.91 Å². The molecule has 0 saturated carbocycles. The van der Waals surface area contributed by atoms with Crippen molar-refractivity contribution < 1.29 is 4.79 Å². The van der Waals surface area contributed by atoms with Gasteiger partial charge in [0.2, 0.25) is 0 Å². The minimum Gasteiger partial charge on any atom is -0.288 e. The predicted octanol–water partition coefficient (Wildman–Crippen LogP) is 3.65. The molecular formula is C19H18N2O. The number of benzene rings is 3. The molecule has 3 heteroatoms. The average Bonchev–Trinajstić information content (AvgIpc) is 2.56. The summed E-state index contributed by atoms with van der Waals surface area (Å²) in [6.07, 6.45) is 3.45. The van der Waals surface area contributed by atoms with Crippen molar-refractivity contribution in [1.82, 2.24) is 10.9 Å². The number of amides is 1. The molecule has 0 heterocycles. The number of nitrogens with one attached hydrogen (secondary N) is 2. The first kappa shape index (κ1) is 14.3. The average molecular weight is 290 g/mol. The number of rotatable bonds is 4. The first-order valence-corrected chi connectivity index (χ1v) is 7.41. The van der Waals surface area contributed by atoms with Crippen LogP contribution < -0.4 is 10.9 Å². The molecule has 0 bridgehead atoms. The molecule has 110 valence electrons. The second kappa shape index (κ2) is 6.41. The Balaban J connectivity index is 2.12. The fourth-order valence-corrected chi connectivity index (χ4v) is 2.60. The molecule has 0 spiro atoms. The van der Waals surface area contributed by atoms with E-state index >= 15 is 0 Å². The van der Waals surface area contributed by atoms with Crippen LogP contribution in [-0.4, -0.2) is 12.5 Å². The maximum atomic E-state index is 11.8. The van der Waals surface area contributed by atoms with Gasteiger partial charge in [-0.25, -0.2) is 5.43 Å². The summed E-state index contributed by atoms with van der Waals surface area (Å²) in [5, 5.41) is 4.64. The number of hydrogen-bond acceptors (Lipinski definition) is 2. The van der Waals surface area contributed by atoms with Gasteiger partial charge in [0.1, 0.15) is 0 Å². The van der Waals surface area contributed by atoms with E-state index in [2.05, 4.69) is 41.2 Å². The number of fused-ring (bicyclic) bond motifs is 2. The maximum Gasteiger partial charge on any atom is 0.258 e. The Bertz CT molecular complexity index is 798. The van der Waals surface area contributed by atoms with Gasteiger partial charge in [-0.15, -0.1) is 0 Å². The number of hydrazine groups is 1. The van der Waals surface area contributed by atoms with E-state index < -0.39 is 0 Å². The van der Waals surface area contributed by atoms with Gasteiger partial charge in [-0.2, -0.15) is 0 Å². The lowest BCUT2D eigenvalue weighted by atomic mass is 9.96. The molecule has 0 atom stereocenters. The van der Waals surface area contributed by atoms with Crippen LogP contribution in [0, 0.1) is 0 Å². The third-order valence-electron chi connectivity index (χ3n) is 3.60. The van der Waals surface area contributed by atoms with Gasteiger partial charge in [-0.1, -0.05) is 55.5 Å². The maximum absolute atomic E-state index is 11.8. The van der Waals surface area contributed by atoms with Crippen molar-refractivity contribution in [1.29, 1.82) is 0 Å². The standard InChI is InChI=1S/C19H18N2O/c1-2-20-21-19(22)12-11-18-16-9-5-3-7-14(16)13-15-8-4-6-10-17(15)18/h3-13,20H,2H2,1H3,(H,21,22). The number of carbonyl (C=O) groups is 1.